The van der Waals surface area contributed by atoms with Crippen LogP contribution in [-0.2, 0) is 4.79 Å². The van der Waals surface area contributed by atoms with Gasteiger partial charge in [0.05, 0.1) is 0 Å². The Morgan fingerprint density at radius 2 is 1.11 bits per heavy atom. The Labute approximate surface area is 111 Å². The van der Waals surface area contributed by atoms with Crippen molar-refractivity contribution >= 4 is 5.97 Å². The monoisotopic (exact) mass is 265 g/mol. The molecular formula is C11H31N5O2. The minimum Gasteiger partial charge on any atom is -0.481 e. The second-order valence-corrected chi connectivity index (χ2v) is 3.35. The van der Waals surface area contributed by atoms with Crippen LogP contribution in [0.25, 0.3) is 0 Å². The molecule has 0 atom stereocenters. The third-order valence-corrected chi connectivity index (χ3v) is 1.60. The lowest BCUT2D eigenvalue weighted by atomic mass is 10.5. The summed E-state index contributed by atoms with van der Waals surface area (Å²) >= 11 is 0. The molecule has 0 rings (SSSR count). The minimum atomic E-state index is -0.833. The van der Waals surface area contributed by atoms with Crippen molar-refractivity contribution in [1.82, 2.24) is 16.0 Å². The zero-order chi connectivity index (χ0) is 13.4. The molecular weight excluding hydrogens is 234 g/mol. The van der Waals surface area contributed by atoms with Crippen molar-refractivity contribution in [2.24, 2.45) is 11.5 Å². The number of aliphatic carboxylic acids is 1. The Morgan fingerprint density at radius 3 is 1.33 bits per heavy atom. The highest BCUT2D eigenvalue weighted by atomic mass is 16.4. The number of hydrogen-bond donors (Lipinski definition) is 6. The molecule has 0 aliphatic heterocycles. The normalized spacial score (nSPS) is 9.06. The van der Waals surface area contributed by atoms with Gasteiger partial charge in [0.2, 0.25) is 0 Å². The van der Waals surface area contributed by atoms with Gasteiger partial charge in [-0.25, -0.2) is 0 Å². The lowest BCUT2D eigenvalue weighted by Crippen LogP contribution is -2.35. The topological polar surface area (TPSA) is 125 Å². The summed E-state index contributed by atoms with van der Waals surface area (Å²) in [4.78, 5) is 9.00. The third kappa shape index (κ3) is 36.2. The molecule has 7 heteroatoms. The van der Waals surface area contributed by atoms with E-state index in [0.717, 1.165) is 46.2 Å². The summed E-state index contributed by atoms with van der Waals surface area (Å²) in [6, 6.07) is 0. The van der Waals surface area contributed by atoms with Crippen LogP contribution in [0.2, 0.25) is 0 Å². The van der Waals surface area contributed by atoms with Crippen molar-refractivity contribution in [3.8, 4) is 0 Å². The number of nitrogens with two attached hydrogens (primary N) is 2. The highest BCUT2D eigenvalue weighted by molar-refractivity contribution is 5.62. The van der Waals surface area contributed by atoms with Crippen LogP contribution in [0.5, 0.6) is 0 Å². The van der Waals surface area contributed by atoms with Gasteiger partial charge < -0.3 is 32.5 Å². The first kappa shape index (κ1) is 22.5. The summed E-state index contributed by atoms with van der Waals surface area (Å²) in [5.74, 6) is -0.833. The second kappa shape index (κ2) is 21.5. The van der Waals surface area contributed by atoms with Crippen molar-refractivity contribution in [1.29, 1.82) is 0 Å². The number of carboxylic acid groups (broad SMARTS) is 1. The fourth-order valence-corrected chi connectivity index (χ4v) is 0.933. The van der Waals surface area contributed by atoms with E-state index in [9.17, 15) is 0 Å². The van der Waals surface area contributed by atoms with Crippen LogP contribution < -0.4 is 27.4 Å². The van der Waals surface area contributed by atoms with Crippen LogP contribution in [-0.4, -0.2) is 63.4 Å². The van der Waals surface area contributed by atoms with Crippen LogP contribution in [0.4, 0.5) is 0 Å². The largest absolute Gasteiger partial charge is 0.481 e. The van der Waals surface area contributed by atoms with Crippen LogP contribution in [0.15, 0.2) is 0 Å². The van der Waals surface area contributed by atoms with E-state index < -0.39 is 5.97 Å². The molecule has 0 bridgehead atoms. The molecule has 0 radical (unpaired) electrons. The maximum absolute atomic E-state index is 9.00. The molecule has 0 aliphatic rings. The van der Waals surface area contributed by atoms with E-state index in [1.807, 2.05) is 0 Å². The number of rotatable bonds is 10. The predicted molar refractivity (Wildman–Crippen MR) is 76.8 cm³/mol. The highest BCUT2D eigenvalue weighted by Crippen LogP contribution is 1.60. The molecule has 0 spiro atoms. The Morgan fingerprint density at radius 1 is 0.889 bits per heavy atom. The van der Waals surface area contributed by atoms with E-state index in [-0.39, 0.29) is 7.43 Å². The fraction of sp³-hybridized carbons (Fsp3) is 0.909. The first-order chi connectivity index (χ1) is 8.15. The van der Waals surface area contributed by atoms with Crippen molar-refractivity contribution in [2.75, 3.05) is 52.4 Å². The van der Waals surface area contributed by atoms with E-state index >= 15 is 0 Å². The summed E-state index contributed by atoms with van der Waals surface area (Å²) in [5.41, 5.74) is 10.6. The summed E-state index contributed by atoms with van der Waals surface area (Å²) in [6.45, 7) is 8.23. The number of carbonyl (C=O) groups is 1. The highest BCUT2D eigenvalue weighted by Gasteiger charge is 1.87. The van der Waals surface area contributed by atoms with Gasteiger partial charge in [-0.3, -0.25) is 4.79 Å². The van der Waals surface area contributed by atoms with E-state index in [0.29, 0.717) is 13.1 Å². The lowest BCUT2D eigenvalue weighted by Gasteiger charge is -2.06. The van der Waals surface area contributed by atoms with Gasteiger partial charge in [-0.05, 0) is 0 Å². The van der Waals surface area contributed by atoms with Crippen LogP contribution >= 0.6 is 0 Å². The minimum absolute atomic E-state index is 0. The fourth-order valence-electron chi connectivity index (χ4n) is 0.933. The molecule has 0 heterocycles. The molecule has 112 valence electrons. The van der Waals surface area contributed by atoms with E-state index in [4.69, 9.17) is 21.4 Å². The second-order valence-electron chi connectivity index (χ2n) is 3.35. The van der Waals surface area contributed by atoms with Crippen LogP contribution in [0.3, 0.4) is 0 Å². The molecule has 0 saturated carbocycles. The Hall–Kier alpha value is -0.730. The van der Waals surface area contributed by atoms with Crippen LogP contribution in [0, 0.1) is 0 Å². The Kier molecular flexibility index (Phi) is 26.9. The standard InChI is InChI=1S/C8H23N5.C2H4O2.CH4/c9-1-3-11-5-7-13-8-6-12-4-2-10;1-2(3)4;/h11-13H,1-10H2;1H3,(H,3,4);1H4. The molecule has 0 unspecified atom stereocenters. The molecule has 0 aliphatic carbocycles. The van der Waals surface area contributed by atoms with Crippen molar-refractivity contribution in [2.45, 2.75) is 14.4 Å². The average molecular weight is 265 g/mol. The smallest absolute Gasteiger partial charge is 0.300 e. The van der Waals surface area contributed by atoms with Gasteiger partial charge in [-0.2, -0.15) is 0 Å². The number of hydrogen-bond acceptors (Lipinski definition) is 6. The van der Waals surface area contributed by atoms with Crippen molar-refractivity contribution in [3.63, 3.8) is 0 Å². The number of carboxylic acids is 1. The molecule has 0 amide bonds. The molecule has 7 nitrogen and oxygen atoms in total. The predicted octanol–water partition coefficient (Wildman–Crippen LogP) is -1.60. The SMILES string of the molecule is C.CC(=O)O.NCCNCCNCCNCCN. The zero-order valence-corrected chi connectivity index (χ0v) is 10.7. The molecule has 0 aromatic heterocycles. The average Bonchev–Trinajstić information content (AvgIpc) is 2.26. The molecule has 0 aromatic carbocycles. The quantitative estimate of drug-likeness (QED) is 0.263. The summed E-state index contributed by atoms with van der Waals surface area (Å²) in [7, 11) is 0. The van der Waals surface area contributed by atoms with Crippen LogP contribution in [0.1, 0.15) is 14.4 Å². The van der Waals surface area contributed by atoms with Gasteiger partial charge >= 0.3 is 0 Å². The van der Waals surface area contributed by atoms with Gasteiger partial charge in [0.1, 0.15) is 0 Å². The summed E-state index contributed by atoms with van der Waals surface area (Å²) in [5, 5.41) is 17.1. The van der Waals surface area contributed by atoms with Gasteiger partial charge in [0.25, 0.3) is 5.97 Å². The Bertz CT molecular complexity index is 144. The summed E-state index contributed by atoms with van der Waals surface area (Å²) < 4.78 is 0. The van der Waals surface area contributed by atoms with Gasteiger partial charge in [0.15, 0.2) is 0 Å². The van der Waals surface area contributed by atoms with Gasteiger partial charge in [0, 0.05) is 59.3 Å². The van der Waals surface area contributed by atoms with Gasteiger partial charge in [-0.15, -0.1) is 0 Å². The first-order valence-corrected chi connectivity index (χ1v) is 5.87. The number of nitrogens with one attached hydrogen (secondary N) is 3. The maximum atomic E-state index is 9.00. The molecule has 0 aromatic rings. The zero-order valence-electron chi connectivity index (χ0n) is 10.7. The maximum Gasteiger partial charge on any atom is 0.300 e. The first-order valence-electron chi connectivity index (χ1n) is 5.87. The summed E-state index contributed by atoms with van der Waals surface area (Å²) in [6.07, 6.45) is 0. The van der Waals surface area contributed by atoms with E-state index in [2.05, 4.69) is 16.0 Å². The Balaban J connectivity index is -0.000000392. The molecule has 0 fully saturated rings. The molecule has 18 heavy (non-hydrogen) atoms. The van der Waals surface area contributed by atoms with Crippen molar-refractivity contribution < 1.29 is 9.90 Å². The lowest BCUT2D eigenvalue weighted by molar-refractivity contribution is -0.134. The molecule has 8 N–H and O–H groups in total. The third-order valence-electron chi connectivity index (χ3n) is 1.60. The van der Waals surface area contributed by atoms with Crippen molar-refractivity contribution in [3.05, 3.63) is 0 Å². The van der Waals surface area contributed by atoms with E-state index in [1.165, 1.54) is 0 Å². The molecule has 0 saturated heterocycles. The van der Waals surface area contributed by atoms with E-state index in [1.54, 1.807) is 0 Å². The van der Waals surface area contributed by atoms with Gasteiger partial charge in [-0.1, -0.05) is 7.43 Å².